The second-order valence-corrected chi connectivity index (χ2v) is 8.09. The van der Waals surface area contributed by atoms with Crippen LogP contribution in [0.2, 0.25) is 0 Å². The molecule has 0 bridgehead atoms. The summed E-state index contributed by atoms with van der Waals surface area (Å²) in [6, 6.07) is 5.65. The summed E-state index contributed by atoms with van der Waals surface area (Å²) in [7, 11) is 0. The second-order valence-electron chi connectivity index (χ2n) is 6.80. The summed E-state index contributed by atoms with van der Waals surface area (Å²) in [4.78, 5) is 24.1. The summed E-state index contributed by atoms with van der Waals surface area (Å²) in [5.74, 6) is -0.716. The molecule has 0 spiro atoms. The predicted octanol–water partition coefficient (Wildman–Crippen LogP) is 3.60. The molecule has 0 aliphatic heterocycles. The van der Waals surface area contributed by atoms with Crippen LogP contribution in [0, 0.1) is 5.82 Å². The highest BCUT2D eigenvalue weighted by Crippen LogP contribution is 2.27. The molecule has 2 N–H and O–H groups in total. The maximum atomic E-state index is 13.7. The van der Waals surface area contributed by atoms with Gasteiger partial charge < -0.3 is 14.5 Å². The number of aromatic nitrogens is 2. The molecular formula is C19H23FN4O4S. The van der Waals surface area contributed by atoms with Gasteiger partial charge in [-0.1, -0.05) is 36.7 Å². The Labute approximate surface area is 172 Å². The number of carbonyl (C=O) groups excluding carboxylic acids is 2. The Morgan fingerprint density at radius 1 is 1.24 bits per heavy atom. The van der Waals surface area contributed by atoms with Crippen LogP contribution in [-0.4, -0.2) is 33.4 Å². The van der Waals surface area contributed by atoms with Crippen molar-refractivity contribution in [1.29, 1.82) is 0 Å². The van der Waals surface area contributed by atoms with Gasteiger partial charge >= 0.3 is 6.03 Å². The lowest BCUT2D eigenvalue weighted by molar-refractivity contribution is -0.119. The molecule has 3 amide bonds. The molecule has 0 unspecified atom stereocenters. The molecule has 2 atom stereocenters. The van der Waals surface area contributed by atoms with E-state index in [0.29, 0.717) is 0 Å². The van der Waals surface area contributed by atoms with E-state index >= 15 is 0 Å². The van der Waals surface area contributed by atoms with Crippen LogP contribution in [0.25, 0.3) is 0 Å². The van der Waals surface area contributed by atoms with E-state index < -0.39 is 29.1 Å². The van der Waals surface area contributed by atoms with Gasteiger partial charge in [0.05, 0.1) is 5.25 Å². The highest BCUT2D eigenvalue weighted by Gasteiger charge is 2.24. The van der Waals surface area contributed by atoms with Crippen LogP contribution >= 0.6 is 11.8 Å². The zero-order valence-corrected chi connectivity index (χ0v) is 17.0. The Morgan fingerprint density at radius 3 is 2.69 bits per heavy atom. The van der Waals surface area contributed by atoms with E-state index in [2.05, 4.69) is 20.8 Å². The minimum Gasteiger partial charge on any atom is -0.478 e. The highest BCUT2D eigenvalue weighted by molar-refractivity contribution is 8.00. The molecule has 1 saturated carbocycles. The third-order valence-electron chi connectivity index (χ3n) is 4.48. The van der Waals surface area contributed by atoms with Gasteiger partial charge in [0.25, 0.3) is 11.1 Å². The number of urea groups is 1. The summed E-state index contributed by atoms with van der Waals surface area (Å²) in [5, 5.41) is 12.4. The lowest BCUT2D eigenvalue weighted by Gasteiger charge is -2.14. The quantitative estimate of drug-likeness (QED) is 0.657. The van der Waals surface area contributed by atoms with Gasteiger partial charge in [0.2, 0.25) is 5.91 Å². The van der Waals surface area contributed by atoms with Gasteiger partial charge in [-0.3, -0.25) is 10.1 Å². The SMILES string of the molecule is C[C@@H](Sc1nnc([C@@H](C)Oc2ccccc2F)o1)C(=O)NC(=O)NC1CCCC1. The van der Waals surface area contributed by atoms with Crippen molar-refractivity contribution in [3.05, 3.63) is 36.0 Å². The van der Waals surface area contributed by atoms with Crippen LogP contribution in [0.15, 0.2) is 33.9 Å². The molecule has 0 saturated heterocycles. The molecule has 1 fully saturated rings. The number of rotatable bonds is 7. The third kappa shape index (κ3) is 5.93. The number of nitrogens with one attached hydrogen (secondary N) is 2. The Bertz CT molecular complexity index is 856. The topological polar surface area (TPSA) is 106 Å². The average molecular weight is 422 g/mol. The zero-order chi connectivity index (χ0) is 20.8. The number of hydrogen-bond acceptors (Lipinski definition) is 7. The first-order valence-corrected chi connectivity index (χ1v) is 10.3. The molecule has 156 valence electrons. The molecule has 10 heteroatoms. The van der Waals surface area contributed by atoms with Gasteiger partial charge in [0.15, 0.2) is 17.7 Å². The molecule has 1 aliphatic rings. The summed E-state index contributed by atoms with van der Waals surface area (Å²) >= 11 is 1.02. The van der Waals surface area contributed by atoms with E-state index in [1.807, 2.05) is 0 Å². The molecule has 8 nitrogen and oxygen atoms in total. The number of hydrogen-bond donors (Lipinski definition) is 2. The first-order chi connectivity index (χ1) is 13.9. The number of para-hydroxylation sites is 1. The number of ether oxygens (including phenoxy) is 1. The average Bonchev–Trinajstić information content (AvgIpc) is 3.35. The number of carbonyl (C=O) groups is 2. The van der Waals surface area contributed by atoms with Gasteiger partial charge in [-0.05, 0) is 38.8 Å². The van der Waals surface area contributed by atoms with E-state index in [9.17, 15) is 14.0 Å². The van der Waals surface area contributed by atoms with Crippen molar-refractivity contribution in [3.63, 3.8) is 0 Å². The molecule has 1 aliphatic carbocycles. The van der Waals surface area contributed by atoms with Crippen LogP contribution in [0.4, 0.5) is 9.18 Å². The standard InChI is InChI=1S/C19H23FN4O4S/c1-11(27-15-10-6-5-9-14(15)20)17-23-24-19(28-17)29-12(2)16(25)22-18(26)21-13-7-3-4-8-13/h5-6,9-13H,3-4,7-8H2,1-2H3,(H2,21,22,25,26)/t11-,12-/m1/s1. The first-order valence-electron chi connectivity index (χ1n) is 9.45. The van der Waals surface area contributed by atoms with Crippen LogP contribution in [0.1, 0.15) is 51.5 Å². The highest BCUT2D eigenvalue weighted by atomic mass is 32.2. The van der Waals surface area contributed by atoms with E-state index in [4.69, 9.17) is 9.15 Å². The summed E-state index contributed by atoms with van der Waals surface area (Å²) < 4.78 is 24.7. The van der Waals surface area contributed by atoms with E-state index in [0.717, 1.165) is 37.4 Å². The molecule has 3 rings (SSSR count). The number of amides is 3. The van der Waals surface area contributed by atoms with E-state index in [-0.39, 0.29) is 22.9 Å². The van der Waals surface area contributed by atoms with Crippen molar-refractivity contribution in [1.82, 2.24) is 20.8 Å². The monoisotopic (exact) mass is 422 g/mol. The fraction of sp³-hybridized carbons (Fsp3) is 0.474. The maximum absolute atomic E-state index is 13.7. The molecular weight excluding hydrogens is 399 g/mol. The van der Waals surface area contributed by atoms with Gasteiger partial charge in [-0.25, -0.2) is 9.18 Å². The lowest BCUT2D eigenvalue weighted by atomic mass is 10.2. The minimum atomic E-state index is -0.671. The van der Waals surface area contributed by atoms with Crippen molar-refractivity contribution in [3.8, 4) is 5.75 Å². The summed E-state index contributed by atoms with van der Waals surface area (Å²) in [5.41, 5.74) is 0. The largest absolute Gasteiger partial charge is 0.478 e. The fourth-order valence-corrected chi connectivity index (χ4v) is 3.61. The molecule has 1 aromatic carbocycles. The molecule has 1 heterocycles. The van der Waals surface area contributed by atoms with Crippen LogP contribution in [-0.2, 0) is 4.79 Å². The van der Waals surface area contributed by atoms with E-state index in [1.54, 1.807) is 26.0 Å². The zero-order valence-electron chi connectivity index (χ0n) is 16.2. The fourth-order valence-electron chi connectivity index (χ4n) is 2.92. The van der Waals surface area contributed by atoms with Crippen molar-refractivity contribution in [2.45, 2.75) is 62.1 Å². The molecule has 29 heavy (non-hydrogen) atoms. The van der Waals surface area contributed by atoms with Gasteiger partial charge in [-0.2, -0.15) is 0 Å². The minimum absolute atomic E-state index is 0.0772. The lowest BCUT2D eigenvalue weighted by Crippen LogP contribution is -2.45. The molecule has 1 aromatic heterocycles. The third-order valence-corrected chi connectivity index (χ3v) is 5.42. The second kappa shape index (κ2) is 9.73. The molecule has 2 aromatic rings. The Balaban J connectivity index is 1.50. The number of benzene rings is 1. The number of imide groups is 1. The number of halogens is 1. The summed E-state index contributed by atoms with van der Waals surface area (Å²) in [6.07, 6.45) is 3.37. The van der Waals surface area contributed by atoms with Gasteiger partial charge in [-0.15, -0.1) is 10.2 Å². The molecule has 0 radical (unpaired) electrons. The summed E-state index contributed by atoms with van der Waals surface area (Å²) in [6.45, 7) is 3.28. The van der Waals surface area contributed by atoms with Crippen LogP contribution < -0.4 is 15.4 Å². The number of thioether (sulfide) groups is 1. The van der Waals surface area contributed by atoms with Crippen molar-refractivity contribution in [2.75, 3.05) is 0 Å². The normalized spacial score (nSPS) is 16.2. The van der Waals surface area contributed by atoms with Crippen molar-refractivity contribution in [2.24, 2.45) is 0 Å². The Kier molecular flexibility index (Phi) is 7.08. The van der Waals surface area contributed by atoms with Crippen LogP contribution in [0.5, 0.6) is 5.75 Å². The Morgan fingerprint density at radius 2 is 1.97 bits per heavy atom. The van der Waals surface area contributed by atoms with Crippen LogP contribution in [0.3, 0.4) is 0 Å². The van der Waals surface area contributed by atoms with Crippen molar-refractivity contribution >= 4 is 23.7 Å². The Hall–Kier alpha value is -2.62. The first kappa shape index (κ1) is 21.1. The van der Waals surface area contributed by atoms with Gasteiger partial charge in [0, 0.05) is 6.04 Å². The number of nitrogens with zero attached hydrogens (tertiary/aromatic N) is 2. The van der Waals surface area contributed by atoms with E-state index in [1.165, 1.54) is 12.1 Å². The predicted molar refractivity (Wildman–Crippen MR) is 104 cm³/mol. The van der Waals surface area contributed by atoms with Crippen molar-refractivity contribution < 1.29 is 23.1 Å². The van der Waals surface area contributed by atoms with Gasteiger partial charge in [0.1, 0.15) is 0 Å². The smallest absolute Gasteiger partial charge is 0.321 e. The maximum Gasteiger partial charge on any atom is 0.321 e.